The molecular weight excluding hydrogens is 363 g/mol. The Kier molecular flexibility index (Phi) is 5.86. The Bertz CT molecular complexity index is 1010. The van der Waals surface area contributed by atoms with Gasteiger partial charge in [-0.25, -0.2) is 4.39 Å². The summed E-state index contributed by atoms with van der Waals surface area (Å²) in [4.78, 5) is 24.5. The van der Waals surface area contributed by atoms with Crippen LogP contribution in [0.5, 0.6) is 11.5 Å². The maximum absolute atomic E-state index is 13.6. The number of para-hydroxylation sites is 2. The van der Waals surface area contributed by atoms with Gasteiger partial charge in [0.25, 0.3) is 11.8 Å². The van der Waals surface area contributed by atoms with Crippen molar-refractivity contribution in [2.45, 2.75) is 0 Å². The van der Waals surface area contributed by atoms with E-state index in [-0.39, 0.29) is 22.7 Å². The van der Waals surface area contributed by atoms with Gasteiger partial charge in [-0.3, -0.25) is 9.59 Å². The molecule has 0 aliphatic carbocycles. The van der Waals surface area contributed by atoms with Crippen molar-refractivity contribution < 1.29 is 23.8 Å². The van der Waals surface area contributed by atoms with E-state index in [1.54, 1.807) is 42.5 Å². The Morgan fingerprint density at radius 1 is 0.929 bits per heavy atom. The molecule has 3 N–H and O–H groups in total. The molecule has 0 saturated heterocycles. The first-order valence-electron chi connectivity index (χ1n) is 8.39. The summed E-state index contributed by atoms with van der Waals surface area (Å²) in [6.07, 6.45) is 0. The maximum Gasteiger partial charge on any atom is 0.262 e. The number of anilines is 2. The zero-order valence-corrected chi connectivity index (χ0v) is 14.7. The van der Waals surface area contributed by atoms with E-state index in [9.17, 15) is 19.1 Å². The van der Waals surface area contributed by atoms with Gasteiger partial charge in [-0.1, -0.05) is 30.3 Å². The van der Waals surface area contributed by atoms with Gasteiger partial charge in [0.2, 0.25) is 0 Å². The highest BCUT2D eigenvalue weighted by atomic mass is 19.1. The summed E-state index contributed by atoms with van der Waals surface area (Å²) in [5.74, 6) is -1.36. The molecule has 142 valence electrons. The molecule has 0 fully saturated rings. The number of carbonyl (C=O) groups is 2. The number of rotatable bonds is 6. The summed E-state index contributed by atoms with van der Waals surface area (Å²) in [5, 5.41) is 14.5. The number of benzene rings is 3. The van der Waals surface area contributed by atoms with Crippen molar-refractivity contribution in [3.8, 4) is 11.5 Å². The summed E-state index contributed by atoms with van der Waals surface area (Å²) in [7, 11) is 0. The zero-order valence-electron chi connectivity index (χ0n) is 14.7. The van der Waals surface area contributed by atoms with Gasteiger partial charge in [0.05, 0.1) is 11.3 Å². The number of halogens is 1. The van der Waals surface area contributed by atoms with E-state index < -0.39 is 24.2 Å². The average Bonchev–Trinajstić information content (AvgIpc) is 2.68. The zero-order chi connectivity index (χ0) is 19.9. The van der Waals surface area contributed by atoms with E-state index in [2.05, 4.69) is 10.6 Å². The highest BCUT2D eigenvalue weighted by Gasteiger charge is 2.14. The molecule has 0 aromatic heterocycles. The van der Waals surface area contributed by atoms with Gasteiger partial charge in [-0.2, -0.15) is 0 Å². The Balaban J connectivity index is 1.66. The van der Waals surface area contributed by atoms with Gasteiger partial charge in [0.1, 0.15) is 17.3 Å². The monoisotopic (exact) mass is 380 g/mol. The summed E-state index contributed by atoms with van der Waals surface area (Å²) >= 11 is 0. The molecule has 0 unspecified atom stereocenters. The van der Waals surface area contributed by atoms with E-state index in [4.69, 9.17) is 4.74 Å². The lowest BCUT2D eigenvalue weighted by Gasteiger charge is -2.12. The first-order chi connectivity index (χ1) is 13.5. The molecule has 6 nitrogen and oxygen atoms in total. The first kappa shape index (κ1) is 18.9. The van der Waals surface area contributed by atoms with Crippen molar-refractivity contribution in [2.24, 2.45) is 0 Å². The molecule has 0 atom stereocenters. The van der Waals surface area contributed by atoms with Crippen LogP contribution in [0.3, 0.4) is 0 Å². The number of hydrogen-bond acceptors (Lipinski definition) is 4. The maximum atomic E-state index is 13.6. The summed E-state index contributed by atoms with van der Waals surface area (Å²) < 4.78 is 19.0. The summed E-state index contributed by atoms with van der Waals surface area (Å²) in [5.41, 5.74) is 0.674. The molecule has 3 aromatic carbocycles. The van der Waals surface area contributed by atoms with E-state index in [0.717, 1.165) is 0 Å². The van der Waals surface area contributed by atoms with Crippen molar-refractivity contribution in [2.75, 3.05) is 17.2 Å². The highest BCUT2D eigenvalue weighted by Crippen LogP contribution is 2.21. The molecule has 0 aliphatic heterocycles. The van der Waals surface area contributed by atoms with Gasteiger partial charge < -0.3 is 20.5 Å². The second kappa shape index (κ2) is 8.68. The molecule has 0 aliphatic rings. The Morgan fingerprint density at radius 2 is 1.68 bits per heavy atom. The van der Waals surface area contributed by atoms with Crippen LogP contribution in [0.1, 0.15) is 10.4 Å². The lowest BCUT2D eigenvalue weighted by molar-refractivity contribution is -0.118. The van der Waals surface area contributed by atoms with Crippen LogP contribution in [0.15, 0.2) is 72.8 Å². The Labute approximate surface area is 160 Å². The van der Waals surface area contributed by atoms with Crippen molar-refractivity contribution in [3.05, 3.63) is 84.2 Å². The smallest absolute Gasteiger partial charge is 0.262 e. The highest BCUT2D eigenvalue weighted by molar-refractivity contribution is 6.06. The molecule has 0 saturated carbocycles. The Hall–Kier alpha value is -3.87. The first-order valence-corrected chi connectivity index (χ1v) is 8.39. The Morgan fingerprint density at radius 3 is 2.46 bits per heavy atom. The molecule has 0 spiro atoms. The van der Waals surface area contributed by atoms with Crippen molar-refractivity contribution in [1.82, 2.24) is 0 Å². The second-order valence-electron chi connectivity index (χ2n) is 5.82. The van der Waals surface area contributed by atoms with Crippen LogP contribution >= 0.6 is 0 Å². The minimum absolute atomic E-state index is 0.0205. The van der Waals surface area contributed by atoms with E-state index >= 15 is 0 Å². The van der Waals surface area contributed by atoms with Gasteiger partial charge in [-0.05, 0) is 36.4 Å². The van der Waals surface area contributed by atoms with E-state index in [1.807, 2.05) is 0 Å². The molecule has 0 bridgehead atoms. The minimum Gasteiger partial charge on any atom is -0.508 e. The molecule has 3 aromatic rings. The molecule has 3 rings (SSSR count). The van der Waals surface area contributed by atoms with Crippen LogP contribution in [0, 0.1) is 5.82 Å². The van der Waals surface area contributed by atoms with Gasteiger partial charge in [0, 0.05) is 11.8 Å². The lowest BCUT2D eigenvalue weighted by atomic mass is 10.2. The topological polar surface area (TPSA) is 87.7 Å². The van der Waals surface area contributed by atoms with Crippen LogP contribution in [0.25, 0.3) is 0 Å². The summed E-state index contributed by atoms with van der Waals surface area (Å²) in [6, 6.07) is 18.3. The number of phenols is 1. The van der Waals surface area contributed by atoms with Gasteiger partial charge in [-0.15, -0.1) is 0 Å². The van der Waals surface area contributed by atoms with Crippen molar-refractivity contribution >= 4 is 23.2 Å². The SMILES string of the molecule is O=C(COc1ccccc1C(=O)Nc1cccc(O)c1)Nc1ccccc1F. The third-order valence-corrected chi connectivity index (χ3v) is 3.74. The molecule has 0 radical (unpaired) electrons. The van der Waals surface area contributed by atoms with Crippen LogP contribution in [-0.2, 0) is 4.79 Å². The van der Waals surface area contributed by atoms with E-state index in [1.165, 1.54) is 30.3 Å². The number of nitrogens with one attached hydrogen (secondary N) is 2. The number of amides is 2. The van der Waals surface area contributed by atoms with Gasteiger partial charge >= 0.3 is 0 Å². The largest absolute Gasteiger partial charge is 0.508 e. The predicted molar refractivity (Wildman–Crippen MR) is 103 cm³/mol. The molecule has 0 heterocycles. The average molecular weight is 380 g/mol. The number of hydrogen-bond donors (Lipinski definition) is 3. The standard InChI is InChI=1S/C21H17FN2O4/c22-17-9-2-3-10-18(17)24-20(26)13-28-19-11-4-1-8-16(19)21(27)23-14-6-5-7-15(25)12-14/h1-12,25H,13H2,(H,23,27)(H,24,26). The van der Waals surface area contributed by atoms with E-state index in [0.29, 0.717) is 5.69 Å². The van der Waals surface area contributed by atoms with Crippen molar-refractivity contribution in [1.29, 1.82) is 0 Å². The fourth-order valence-electron chi connectivity index (χ4n) is 2.45. The molecule has 7 heteroatoms. The molecular formula is C21H17FN2O4. The number of ether oxygens (including phenoxy) is 1. The number of phenolic OH excluding ortho intramolecular Hbond substituents is 1. The number of carbonyl (C=O) groups excluding carboxylic acids is 2. The quantitative estimate of drug-likeness (QED) is 0.607. The molecule has 2 amide bonds. The fourth-order valence-corrected chi connectivity index (χ4v) is 2.45. The van der Waals surface area contributed by atoms with Crippen molar-refractivity contribution in [3.63, 3.8) is 0 Å². The normalized spacial score (nSPS) is 10.2. The predicted octanol–water partition coefficient (Wildman–Crippen LogP) is 3.80. The third kappa shape index (κ3) is 4.85. The van der Waals surface area contributed by atoms with Gasteiger partial charge in [0.15, 0.2) is 6.61 Å². The minimum atomic E-state index is -0.562. The fraction of sp³-hybridized carbons (Fsp3) is 0.0476. The van der Waals surface area contributed by atoms with Crippen LogP contribution in [0.2, 0.25) is 0 Å². The summed E-state index contributed by atoms with van der Waals surface area (Å²) in [6.45, 7) is -0.398. The molecule has 28 heavy (non-hydrogen) atoms. The number of aromatic hydroxyl groups is 1. The van der Waals surface area contributed by atoms with Crippen LogP contribution in [0.4, 0.5) is 15.8 Å². The van der Waals surface area contributed by atoms with Crippen LogP contribution < -0.4 is 15.4 Å². The van der Waals surface area contributed by atoms with Crippen LogP contribution in [-0.4, -0.2) is 23.5 Å². The lowest BCUT2D eigenvalue weighted by Crippen LogP contribution is -2.22. The second-order valence-corrected chi connectivity index (χ2v) is 5.82. The third-order valence-electron chi connectivity index (χ3n) is 3.74.